The van der Waals surface area contributed by atoms with Gasteiger partial charge in [0.05, 0.1) is 0 Å². The van der Waals surface area contributed by atoms with E-state index in [2.05, 4.69) is 10.3 Å². The summed E-state index contributed by atoms with van der Waals surface area (Å²) < 4.78 is 40.6. The van der Waals surface area contributed by atoms with Gasteiger partial charge in [-0.15, -0.1) is 5.10 Å². The van der Waals surface area contributed by atoms with Crippen LogP contribution in [0.4, 0.5) is 13.2 Å². The first kappa shape index (κ1) is 17.5. The summed E-state index contributed by atoms with van der Waals surface area (Å²) >= 11 is 0. The van der Waals surface area contributed by atoms with Gasteiger partial charge in [0.15, 0.2) is 0 Å². The molecule has 0 aliphatic rings. The Morgan fingerprint density at radius 2 is 2.00 bits per heavy atom. The highest BCUT2D eigenvalue weighted by Crippen LogP contribution is 2.22. The summed E-state index contributed by atoms with van der Waals surface area (Å²) in [5.41, 5.74) is 1.96. The molecule has 0 saturated heterocycles. The second-order valence-corrected chi connectivity index (χ2v) is 5.63. The topological polar surface area (TPSA) is 34.0 Å². The monoisotopic (exact) mass is 326 g/mol. The minimum Gasteiger partial charge on any atom is -0.293 e. The van der Waals surface area contributed by atoms with Crippen LogP contribution in [0.3, 0.4) is 0 Å². The molecule has 0 saturated carbocycles. The van der Waals surface area contributed by atoms with Crippen LogP contribution in [0.2, 0.25) is 0 Å². The highest BCUT2D eigenvalue weighted by Gasteiger charge is 2.22. The molecule has 0 aliphatic carbocycles. The first-order valence-electron chi connectivity index (χ1n) is 7.56. The molecule has 0 aliphatic heterocycles. The first-order chi connectivity index (χ1) is 10.9. The fourth-order valence-electron chi connectivity index (χ4n) is 2.61. The summed E-state index contributed by atoms with van der Waals surface area (Å²) in [5, 5.41) is 7.57. The van der Waals surface area contributed by atoms with E-state index in [-0.39, 0.29) is 23.7 Å². The smallest absolute Gasteiger partial charge is 0.281 e. The molecule has 7 heteroatoms. The van der Waals surface area contributed by atoms with Gasteiger partial charge < -0.3 is 0 Å². The maximum Gasteiger partial charge on any atom is 0.281 e. The standard InChI is InChI=1S/C16H21F3N4/c1-4-7-23(9-12-5-6-13(17)8-11(12)2)10-14-15(16(18)19)22(3)21-20-14/h5-6,8,16H,4,7,9-10H2,1-3H3. The molecule has 0 atom stereocenters. The molecular formula is C16H21F3N4. The van der Waals surface area contributed by atoms with Gasteiger partial charge in [-0.25, -0.2) is 17.9 Å². The van der Waals surface area contributed by atoms with Crippen molar-refractivity contribution in [3.63, 3.8) is 0 Å². The molecule has 0 fully saturated rings. The third kappa shape index (κ3) is 4.31. The number of alkyl halides is 2. The number of hydrogen-bond acceptors (Lipinski definition) is 3. The zero-order chi connectivity index (χ0) is 17.0. The zero-order valence-corrected chi connectivity index (χ0v) is 13.6. The molecule has 0 N–H and O–H groups in total. The number of rotatable bonds is 7. The van der Waals surface area contributed by atoms with Gasteiger partial charge in [0.1, 0.15) is 17.2 Å². The van der Waals surface area contributed by atoms with E-state index in [1.807, 2.05) is 18.7 Å². The van der Waals surface area contributed by atoms with Crippen LogP contribution < -0.4 is 0 Å². The Bertz CT molecular complexity index is 655. The predicted molar refractivity (Wildman–Crippen MR) is 81.5 cm³/mol. The van der Waals surface area contributed by atoms with Gasteiger partial charge in [-0.1, -0.05) is 18.2 Å². The van der Waals surface area contributed by atoms with E-state index < -0.39 is 6.43 Å². The van der Waals surface area contributed by atoms with Crippen LogP contribution in [0.1, 0.15) is 42.3 Å². The van der Waals surface area contributed by atoms with E-state index in [9.17, 15) is 13.2 Å². The Labute approximate surface area is 133 Å². The lowest BCUT2D eigenvalue weighted by molar-refractivity contribution is 0.137. The van der Waals surface area contributed by atoms with Crippen LogP contribution in [0.15, 0.2) is 18.2 Å². The van der Waals surface area contributed by atoms with E-state index in [0.29, 0.717) is 6.54 Å². The molecule has 126 valence electrons. The Balaban J connectivity index is 2.19. The second-order valence-electron chi connectivity index (χ2n) is 5.63. The van der Waals surface area contributed by atoms with Crippen LogP contribution >= 0.6 is 0 Å². The van der Waals surface area contributed by atoms with Crippen molar-refractivity contribution in [3.05, 3.63) is 46.5 Å². The summed E-state index contributed by atoms with van der Waals surface area (Å²) in [6.45, 7) is 5.44. The van der Waals surface area contributed by atoms with Crippen LogP contribution in [-0.2, 0) is 20.1 Å². The highest BCUT2D eigenvalue weighted by molar-refractivity contribution is 5.26. The lowest BCUT2D eigenvalue weighted by Gasteiger charge is -2.22. The third-order valence-electron chi connectivity index (χ3n) is 3.76. The largest absolute Gasteiger partial charge is 0.293 e. The molecule has 0 unspecified atom stereocenters. The van der Waals surface area contributed by atoms with Crippen LogP contribution in [0, 0.1) is 12.7 Å². The SMILES string of the molecule is CCCN(Cc1ccc(F)cc1C)Cc1nnn(C)c1C(F)F. The second kappa shape index (κ2) is 7.59. The molecule has 2 rings (SSSR count). The van der Waals surface area contributed by atoms with Crippen molar-refractivity contribution in [2.45, 2.75) is 39.8 Å². The maximum atomic E-state index is 13.2. The van der Waals surface area contributed by atoms with Crippen LogP contribution in [-0.4, -0.2) is 26.4 Å². The summed E-state index contributed by atoms with van der Waals surface area (Å²) in [4.78, 5) is 2.02. The minimum atomic E-state index is -2.61. The third-order valence-corrected chi connectivity index (χ3v) is 3.76. The average molecular weight is 326 g/mol. The van der Waals surface area contributed by atoms with Crippen LogP contribution in [0.25, 0.3) is 0 Å². The van der Waals surface area contributed by atoms with E-state index in [1.54, 1.807) is 6.07 Å². The van der Waals surface area contributed by atoms with E-state index in [0.717, 1.165) is 28.8 Å². The Hall–Kier alpha value is -1.89. The van der Waals surface area contributed by atoms with Crippen molar-refractivity contribution in [1.82, 2.24) is 19.9 Å². The molecule has 2 aromatic rings. The number of aromatic nitrogens is 3. The molecule has 0 bridgehead atoms. The van der Waals surface area contributed by atoms with Crippen molar-refractivity contribution in [2.75, 3.05) is 6.54 Å². The first-order valence-corrected chi connectivity index (χ1v) is 7.56. The molecule has 1 aromatic carbocycles. The zero-order valence-electron chi connectivity index (χ0n) is 13.6. The quantitative estimate of drug-likeness (QED) is 0.779. The van der Waals surface area contributed by atoms with Gasteiger partial charge in [0, 0.05) is 20.1 Å². The number of halogens is 3. The van der Waals surface area contributed by atoms with E-state index >= 15 is 0 Å². The molecule has 1 aromatic heterocycles. The van der Waals surface area contributed by atoms with Crippen LogP contribution in [0.5, 0.6) is 0 Å². The summed E-state index contributed by atoms with van der Waals surface area (Å²) in [5.74, 6) is -0.276. The maximum absolute atomic E-state index is 13.2. The van der Waals surface area contributed by atoms with Crippen molar-refractivity contribution >= 4 is 0 Å². The van der Waals surface area contributed by atoms with Crippen molar-refractivity contribution in [1.29, 1.82) is 0 Å². The number of aryl methyl sites for hydroxylation is 2. The average Bonchev–Trinajstić information content (AvgIpc) is 2.83. The molecule has 4 nitrogen and oxygen atoms in total. The minimum absolute atomic E-state index is 0.151. The normalized spacial score (nSPS) is 11.7. The van der Waals surface area contributed by atoms with E-state index in [1.165, 1.54) is 19.2 Å². The molecule has 0 amide bonds. The van der Waals surface area contributed by atoms with Crippen molar-refractivity contribution < 1.29 is 13.2 Å². The van der Waals surface area contributed by atoms with Gasteiger partial charge in [-0.2, -0.15) is 0 Å². The number of benzene rings is 1. The van der Waals surface area contributed by atoms with Gasteiger partial charge >= 0.3 is 0 Å². The van der Waals surface area contributed by atoms with Gasteiger partial charge in [0.2, 0.25) is 0 Å². The fraction of sp³-hybridized carbons (Fsp3) is 0.500. The molecule has 1 heterocycles. The summed E-state index contributed by atoms with van der Waals surface area (Å²) in [6, 6.07) is 4.63. The van der Waals surface area contributed by atoms with Gasteiger partial charge in [0.25, 0.3) is 6.43 Å². The fourth-order valence-corrected chi connectivity index (χ4v) is 2.61. The molecule has 0 radical (unpaired) electrons. The highest BCUT2D eigenvalue weighted by atomic mass is 19.3. The Kier molecular flexibility index (Phi) is 5.76. The van der Waals surface area contributed by atoms with E-state index in [4.69, 9.17) is 0 Å². The molecular weight excluding hydrogens is 305 g/mol. The lowest BCUT2D eigenvalue weighted by Crippen LogP contribution is -2.25. The number of hydrogen-bond donors (Lipinski definition) is 0. The summed E-state index contributed by atoms with van der Waals surface area (Å²) in [7, 11) is 1.46. The van der Waals surface area contributed by atoms with Crippen molar-refractivity contribution in [3.8, 4) is 0 Å². The molecule has 0 spiro atoms. The Morgan fingerprint density at radius 1 is 1.26 bits per heavy atom. The van der Waals surface area contributed by atoms with Gasteiger partial charge in [-0.3, -0.25) is 4.90 Å². The number of nitrogens with zero attached hydrogens (tertiary/aromatic N) is 4. The molecule has 23 heavy (non-hydrogen) atoms. The summed E-state index contributed by atoms with van der Waals surface area (Å²) in [6.07, 6.45) is -1.73. The Morgan fingerprint density at radius 3 is 2.61 bits per heavy atom. The predicted octanol–water partition coefficient (Wildman–Crippen LogP) is 3.61. The van der Waals surface area contributed by atoms with Gasteiger partial charge in [-0.05, 0) is 43.1 Å². The lowest BCUT2D eigenvalue weighted by atomic mass is 10.1. The van der Waals surface area contributed by atoms with Crippen molar-refractivity contribution in [2.24, 2.45) is 7.05 Å².